The van der Waals surface area contributed by atoms with E-state index in [1.165, 1.54) is 11.0 Å². The molecule has 1 amide bonds. The minimum Gasteiger partial charge on any atom is -0.394 e. The van der Waals surface area contributed by atoms with Gasteiger partial charge in [-0.1, -0.05) is 42.5 Å². The lowest BCUT2D eigenvalue weighted by Crippen LogP contribution is -2.66. The Morgan fingerprint density at radius 3 is 2.44 bits per heavy atom. The number of aliphatic hydroxyl groups excluding tert-OH is 1. The van der Waals surface area contributed by atoms with Gasteiger partial charge in [-0.2, -0.15) is 5.26 Å². The molecule has 1 fully saturated rings. The number of halogens is 1. The number of benzene rings is 2. The molecule has 3 rings (SSSR count). The molecular formula is C21H22FN3O2. The summed E-state index contributed by atoms with van der Waals surface area (Å²) >= 11 is 0. The lowest BCUT2D eigenvalue weighted by Gasteiger charge is -2.51. The van der Waals surface area contributed by atoms with Crippen LogP contribution in [0.25, 0.3) is 11.1 Å². The van der Waals surface area contributed by atoms with Gasteiger partial charge in [0, 0.05) is 11.5 Å². The largest absolute Gasteiger partial charge is 0.394 e. The van der Waals surface area contributed by atoms with Crippen LogP contribution in [0.5, 0.6) is 0 Å². The van der Waals surface area contributed by atoms with E-state index < -0.39 is 12.1 Å². The number of nitriles is 1. The van der Waals surface area contributed by atoms with Gasteiger partial charge in [-0.05, 0) is 31.3 Å². The zero-order valence-corrected chi connectivity index (χ0v) is 15.3. The summed E-state index contributed by atoms with van der Waals surface area (Å²) in [4.78, 5) is 15.6. The van der Waals surface area contributed by atoms with Crippen LogP contribution in [0.3, 0.4) is 0 Å². The molecule has 27 heavy (non-hydrogen) atoms. The Bertz CT molecular complexity index is 860. The van der Waals surface area contributed by atoms with Crippen molar-refractivity contribution in [1.29, 1.82) is 5.26 Å². The predicted molar refractivity (Wildman–Crippen MR) is 100 cm³/mol. The molecule has 1 heterocycles. The quantitative estimate of drug-likeness (QED) is 0.880. The van der Waals surface area contributed by atoms with Gasteiger partial charge in [0.25, 0.3) is 0 Å². The minimum atomic E-state index is -0.617. The normalized spacial score (nSPS) is 21.6. The van der Waals surface area contributed by atoms with Crippen LogP contribution < -0.4 is 0 Å². The fourth-order valence-electron chi connectivity index (χ4n) is 3.68. The van der Waals surface area contributed by atoms with Crippen molar-refractivity contribution in [2.75, 3.05) is 27.2 Å². The highest BCUT2D eigenvalue weighted by atomic mass is 19.1. The van der Waals surface area contributed by atoms with Crippen LogP contribution in [0.2, 0.25) is 0 Å². The first-order valence-corrected chi connectivity index (χ1v) is 8.79. The number of hydrogen-bond acceptors (Lipinski definition) is 4. The third-order valence-corrected chi connectivity index (χ3v) is 4.95. The molecule has 1 N–H and O–H groups in total. The summed E-state index contributed by atoms with van der Waals surface area (Å²) in [5.41, 5.74) is 2.11. The maximum atomic E-state index is 14.0. The van der Waals surface area contributed by atoms with Crippen LogP contribution >= 0.6 is 0 Å². The molecule has 2 aromatic rings. The highest BCUT2D eigenvalue weighted by Crippen LogP contribution is 2.41. The first-order valence-electron chi connectivity index (χ1n) is 8.79. The number of nitrogens with zero attached hydrogens (tertiary/aromatic N) is 3. The second-order valence-corrected chi connectivity index (χ2v) is 6.99. The number of hydrogen-bond donors (Lipinski definition) is 1. The van der Waals surface area contributed by atoms with Gasteiger partial charge in [0.2, 0.25) is 5.91 Å². The number of carbonyl (C=O) groups is 1. The summed E-state index contributed by atoms with van der Waals surface area (Å²) < 4.78 is 14.0. The zero-order valence-electron chi connectivity index (χ0n) is 15.3. The molecule has 140 valence electrons. The van der Waals surface area contributed by atoms with Gasteiger partial charge in [0.1, 0.15) is 11.9 Å². The van der Waals surface area contributed by atoms with E-state index in [1.807, 2.05) is 12.1 Å². The highest BCUT2D eigenvalue weighted by Gasteiger charge is 2.51. The van der Waals surface area contributed by atoms with Gasteiger partial charge in [-0.25, -0.2) is 4.39 Å². The number of amides is 1. The molecule has 1 saturated heterocycles. The molecule has 1 aliphatic rings. The first-order chi connectivity index (χ1) is 13.0. The summed E-state index contributed by atoms with van der Waals surface area (Å²) in [6.45, 7) is -0.0231. The fraction of sp³-hybridized carbons (Fsp3) is 0.333. The summed E-state index contributed by atoms with van der Waals surface area (Å²) in [6.07, 6.45) is 0. The van der Waals surface area contributed by atoms with E-state index in [9.17, 15) is 19.6 Å². The molecule has 0 aromatic heterocycles. The predicted octanol–water partition coefficient (Wildman–Crippen LogP) is 2.23. The third kappa shape index (κ3) is 3.57. The standard InChI is InChI=1S/C21H22FN3O2/c1-24(2)12-20(27)25-18(11-23)21(19(25)13-26)15-9-7-14(8-10-15)16-5-3-4-6-17(16)22/h3-10,18-19,21,26H,12-13H2,1-2H3/t18-,19-,21-/m0/s1. The van der Waals surface area contributed by atoms with Gasteiger partial charge in [-0.15, -0.1) is 0 Å². The summed E-state index contributed by atoms with van der Waals surface area (Å²) in [7, 11) is 3.57. The molecular weight excluding hydrogens is 345 g/mol. The zero-order chi connectivity index (χ0) is 19.6. The third-order valence-electron chi connectivity index (χ3n) is 4.95. The Kier molecular flexibility index (Phi) is 5.54. The average molecular weight is 367 g/mol. The highest BCUT2D eigenvalue weighted by molar-refractivity contribution is 5.81. The Morgan fingerprint density at radius 2 is 1.89 bits per heavy atom. The lowest BCUT2D eigenvalue weighted by molar-refractivity contribution is -0.147. The number of likely N-dealkylation sites (tertiary alicyclic amines) is 1. The average Bonchev–Trinajstić information content (AvgIpc) is 2.62. The van der Waals surface area contributed by atoms with E-state index >= 15 is 0 Å². The molecule has 0 spiro atoms. The molecule has 0 unspecified atom stereocenters. The van der Waals surface area contributed by atoms with Gasteiger partial charge in [0.05, 0.1) is 25.3 Å². The Balaban J connectivity index is 1.84. The van der Waals surface area contributed by atoms with Crippen LogP contribution in [-0.4, -0.2) is 60.1 Å². The van der Waals surface area contributed by atoms with E-state index in [-0.39, 0.29) is 30.8 Å². The maximum Gasteiger partial charge on any atom is 0.238 e. The van der Waals surface area contributed by atoms with Crippen LogP contribution in [0.1, 0.15) is 11.5 Å². The van der Waals surface area contributed by atoms with Gasteiger partial charge in [-0.3, -0.25) is 4.79 Å². The molecule has 0 saturated carbocycles. The first kappa shape index (κ1) is 19.0. The van der Waals surface area contributed by atoms with Crippen molar-refractivity contribution >= 4 is 5.91 Å². The van der Waals surface area contributed by atoms with E-state index in [1.54, 1.807) is 49.3 Å². The minimum absolute atomic E-state index is 0.176. The maximum absolute atomic E-state index is 14.0. The smallest absolute Gasteiger partial charge is 0.238 e. The van der Waals surface area contributed by atoms with E-state index in [2.05, 4.69) is 6.07 Å². The Morgan fingerprint density at radius 1 is 1.22 bits per heavy atom. The van der Waals surface area contributed by atoms with Crippen LogP contribution in [-0.2, 0) is 4.79 Å². The Hall–Kier alpha value is -2.75. The van der Waals surface area contributed by atoms with Gasteiger partial charge in [0.15, 0.2) is 0 Å². The van der Waals surface area contributed by atoms with Gasteiger partial charge < -0.3 is 14.9 Å². The van der Waals surface area contributed by atoms with E-state index in [0.717, 1.165) is 11.1 Å². The molecule has 1 aliphatic heterocycles. The molecule has 0 radical (unpaired) electrons. The van der Waals surface area contributed by atoms with Crippen LogP contribution in [0, 0.1) is 17.1 Å². The van der Waals surface area contributed by atoms with Crippen LogP contribution in [0.15, 0.2) is 48.5 Å². The second kappa shape index (κ2) is 7.87. The van der Waals surface area contributed by atoms with Crippen molar-refractivity contribution in [3.05, 3.63) is 59.9 Å². The topological polar surface area (TPSA) is 67.6 Å². The SMILES string of the molecule is CN(C)CC(=O)N1[C@@H](C#N)[C@H](c2ccc(-c3ccccc3F)cc2)[C@@H]1CO. The Labute approximate surface area is 158 Å². The van der Waals surface area contributed by atoms with Crippen molar-refractivity contribution in [3.63, 3.8) is 0 Å². The van der Waals surface area contributed by atoms with E-state index in [0.29, 0.717) is 5.56 Å². The monoisotopic (exact) mass is 367 g/mol. The number of carbonyl (C=O) groups excluding carboxylic acids is 1. The van der Waals surface area contributed by atoms with Crippen LogP contribution in [0.4, 0.5) is 4.39 Å². The number of likely N-dealkylation sites (N-methyl/N-ethyl adjacent to an activating group) is 1. The van der Waals surface area contributed by atoms with E-state index in [4.69, 9.17) is 0 Å². The summed E-state index contributed by atoms with van der Waals surface area (Å²) in [5.74, 6) is -0.733. The molecule has 6 heteroatoms. The molecule has 3 atom stereocenters. The fourth-order valence-corrected chi connectivity index (χ4v) is 3.68. The second-order valence-electron chi connectivity index (χ2n) is 6.99. The molecule has 2 aromatic carbocycles. The van der Waals surface area contributed by atoms with Crippen molar-refractivity contribution < 1.29 is 14.3 Å². The van der Waals surface area contributed by atoms with Crippen molar-refractivity contribution in [1.82, 2.24) is 9.80 Å². The van der Waals surface area contributed by atoms with Gasteiger partial charge >= 0.3 is 0 Å². The number of rotatable bonds is 5. The summed E-state index contributed by atoms with van der Waals surface area (Å²) in [5, 5.41) is 19.4. The van der Waals surface area contributed by atoms with Crippen molar-refractivity contribution in [3.8, 4) is 17.2 Å². The van der Waals surface area contributed by atoms with Crippen molar-refractivity contribution in [2.24, 2.45) is 0 Å². The number of aliphatic hydroxyl groups is 1. The molecule has 5 nitrogen and oxygen atoms in total. The molecule has 0 aliphatic carbocycles. The van der Waals surface area contributed by atoms with Crippen molar-refractivity contribution in [2.45, 2.75) is 18.0 Å². The lowest BCUT2D eigenvalue weighted by atomic mass is 9.75. The molecule has 0 bridgehead atoms. The summed E-state index contributed by atoms with van der Waals surface area (Å²) in [6, 6.07) is 15.0.